The third-order valence-corrected chi connectivity index (χ3v) is 2.05. The van der Waals surface area contributed by atoms with Crippen LogP contribution >= 0.6 is 0 Å². The number of ether oxygens (including phenoxy) is 1. The zero-order valence-electron chi connectivity index (χ0n) is 10.5. The summed E-state index contributed by atoms with van der Waals surface area (Å²) in [7, 11) is 1.72. The van der Waals surface area contributed by atoms with Gasteiger partial charge in [0.1, 0.15) is 5.75 Å². The summed E-state index contributed by atoms with van der Waals surface area (Å²) in [5, 5.41) is 0. The van der Waals surface area contributed by atoms with E-state index in [9.17, 15) is 0 Å². The molecule has 15 heavy (non-hydrogen) atoms. The molecule has 84 valence electrons. The number of methoxy groups -OCH3 is 1. The van der Waals surface area contributed by atoms with Crippen molar-refractivity contribution in [1.29, 1.82) is 0 Å². The predicted octanol–water partition coefficient (Wildman–Crippen LogP) is 4.32. The van der Waals surface area contributed by atoms with Gasteiger partial charge in [-0.25, -0.2) is 0 Å². The van der Waals surface area contributed by atoms with Gasteiger partial charge in [0.05, 0.1) is 7.11 Å². The first-order valence-electron chi connectivity index (χ1n) is 5.61. The van der Waals surface area contributed by atoms with E-state index in [1.165, 1.54) is 11.1 Å². The smallest absolute Gasteiger partial charge is 0.122 e. The summed E-state index contributed by atoms with van der Waals surface area (Å²) in [4.78, 5) is 0. The molecule has 1 nitrogen and oxygen atoms in total. The van der Waals surface area contributed by atoms with Crippen LogP contribution in [0.5, 0.6) is 5.75 Å². The minimum absolute atomic E-state index is 0.984. The highest BCUT2D eigenvalue weighted by Gasteiger charge is 1.99. The molecule has 0 aliphatic heterocycles. The monoisotopic (exact) mass is 206 g/mol. The van der Waals surface area contributed by atoms with Crippen LogP contribution in [0.2, 0.25) is 0 Å². The summed E-state index contributed by atoms with van der Waals surface area (Å²) >= 11 is 0. The van der Waals surface area contributed by atoms with Crippen molar-refractivity contribution >= 4 is 6.08 Å². The minimum Gasteiger partial charge on any atom is -0.496 e. The van der Waals surface area contributed by atoms with Gasteiger partial charge in [-0.3, -0.25) is 0 Å². The number of aryl methyl sites for hydroxylation is 1. The van der Waals surface area contributed by atoms with E-state index in [0.29, 0.717) is 0 Å². The number of hydrogen-bond acceptors (Lipinski definition) is 1. The van der Waals surface area contributed by atoms with Crippen molar-refractivity contribution in [3.05, 3.63) is 35.4 Å². The van der Waals surface area contributed by atoms with Crippen molar-refractivity contribution in [3.8, 4) is 5.75 Å². The Morgan fingerprint density at radius 1 is 1.27 bits per heavy atom. The van der Waals surface area contributed by atoms with E-state index in [4.69, 9.17) is 4.74 Å². The van der Waals surface area contributed by atoms with E-state index in [-0.39, 0.29) is 0 Å². The fourth-order valence-electron chi connectivity index (χ4n) is 1.35. The average molecular weight is 206 g/mol. The van der Waals surface area contributed by atoms with Crippen molar-refractivity contribution < 1.29 is 4.74 Å². The first kappa shape index (κ1) is 13.8. The summed E-state index contributed by atoms with van der Waals surface area (Å²) < 4.78 is 5.29. The molecule has 1 aromatic carbocycles. The number of allylic oxidation sites excluding steroid dienone is 1. The average Bonchev–Trinajstić information content (AvgIpc) is 2.32. The molecule has 1 aromatic rings. The molecule has 0 bridgehead atoms. The maximum absolute atomic E-state index is 5.29. The molecule has 0 aliphatic rings. The maximum atomic E-state index is 5.29. The van der Waals surface area contributed by atoms with E-state index in [0.717, 1.165) is 12.2 Å². The summed E-state index contributed by atoms with van der Waals surface area (Å²) in [5.74, 6) is 0.984. The SMILES string of the molecule is C/C=C/c1ccc(CC)c(OC)c1.CC. The Kier molecular flexibility index (Phi) is 7.43. The quantitative estimate of drug-likeness (QED) is 0.715. The summed E-state index contributed by atoms with van der Waals surface area (Å²) in [6, 6.07) is 6.30. The predicted molar refractivity (Wildman–Crippen MR) is 68.4 cm³/mol. The first-order valence-corrected chi connectivity index (χ1v) is 5.61. The molecule has 0 N–H and O–H groups in total. The lowest BCUT2D eigenvalue weighted by molar-refractivity contribution is 0.410. The van der Waals surface area contributed by atoms with Crippen molar-refractivity contribution in [2.45, 2.75) is 34.1 Å². The fourth-order valence-corrected chi connectivity index (χ4v) is 1.35. The van der Waals surface area contributed by atoms with Crippen LogP contribution in [0.3, 0.4) is 0 Å². The van der Waals surface area contributed by atoms with Crippen LogP contribution < -0.4 is 4.74 Å². The Balaban J connectivity index is 0.000000921. The third kappa shape index (κ3) is 4.20. The molecule has 0 fully saturated rings. The van der Waals surface area contributed by atoms with Gasteiger partial charge in [0.25, 0.3) is 0 Å². The Hall–Kier alpha value is -1.24. The molecule has 0 amide bonds. The van der Waals surface area contributed by atoms with Gasteiger partial charge >= 0.3 is 0 Å². The molecule has 0 heterocycles. The molecular formula is C14H22O. The Bertz CT molecular complexity index is 300. The van der Waals surface area contributed by atoms with Gasteiger partial charge in [-0.05, 0) is 30.5 Å². The van der Waals surface area contributed by atoms with Crippen LogP contribution in [-0.4, -0.2) is 7.11 Å². The van der Waals surface area contributed by atoms with Crippen molar-refractivity contribution in [1.82, 2.24) is 0 Å². The Morgan fingerprint density at radius 2 is 1.93 bits per heavy atom. The van der Waals surface area contributed by atoms with E-state index >= 15 is 0 Å². The molecule has 0 atom stereocenters. The molecule has 0 spiro atoms. The van der Waals surface area contributed by atoms with E-state index in [2.05, 4.69) is 31.2 Å². The Labute approximate surface area is 93.8 Å². The van der Waals surface area contributed by atoms with Gasteiger partial charge in [-0.1, -0.05) is 45.1 Å². The molecule has 1 rings (SSSR count). The second-order valence-electron chi connectivity index (χ2n) is 2.92. The zero-order valence-corrected chi connectivity index (χ0v) is 10.5. The topological polar surface area (TPSA) is 9.23 Å². The number of rotatable bonds is 3. The second kappa shape index (κ2) is 8.10. The minimum atomic E-state index is 0.984. The molecule has 0 aliphatic carbocycles. The molecule has 1 heteroatoms. The molecule has 0 saturated carbocycles. The highest BCUT2D eigenvalue weighted by Crippen LogP contribution is 2.21. The van der Waals surface area contributed by atoms with Crippen LogP contribution in [0.15, 0.2) is 24.3 Å². The van der Waals surface area contributed by atoms with Gasteiger partial charge in [0, 0.05) is 0 Å². The summed E-state index contributed by atoms with van der Waals surface area (Å²) in [6.45, 7) is 8.15. The van der Waals surface area contributed by atoms with Crippen molar-refractivity contribution in [2.24, 2.45) is 0 Å². The first-order chi connectivity index (χ1) is 7.31. The molecular weight excluding hydrogens is 184 g/mol. The molecule has 0 unspecified atom stereocenters. The van der Waals surface area contributed by atoms with Crippen molar-refractivity contribution in [2.75, 3.05) is 7.11 Å². The van der Waals surface area contributed by atoms with Gasteiger partial charge in [-0.2, -0.15) is 0 Å². The highest BCUT2D eigenvalue weighted by molar-refractivity contribution is 5.53. The second-order valence-corrected chi connectivity index (χ2v) is 2.92. The van der Waals surface area contributed by atoms with Crippen LogP contribution in [0, 0.1) is 0 Å². The summed E-state index contributed by atoms with van der Waals surface area (Å²) in [5.41, 5.74) is 2.45. The van der Waals surface area contributed by atoms with Gasteiger partial charge in [0.15, 0.2) is 0 Å². The lowest BCUT2D eigenvalue weighted by Gasteiger charge is -2.06. The maximum Gasteiger partial charge on any atom is 0.122 e. The summed E-state index contributed by atoms with van der Waals surface area (Å²) in [6.07, 6.45) is 5.11. The zero-order chi connectivity index (χ0) is 11.7. The van der Waals surface area contributed by atoms with Gasteiger partial charge in [0.2, 0.25) is 0 Å². The normalized spacial score (nSPS) is 9.67. The number of hydrogen-bond donors (Lipinski definition) is 0. The Morgan fingerprint density at radius 3 is 2.40 bits per heavy atom. The lowest BCUT2D eigenvalue weighted by Crippen LogP contribution is -1.90. The largest absolute Gasteiger partial charge is 0.496 e. The van der Waals surface area contributed by atoms with Crippen LogP contribution in [0.1, 0.15) is 38.8 Å². The van der Waals surface area contributed by atoms with E-state index < -0.39 is 0 Å². The third-order valence-electron chi connectivity index (χ3n) is 2.05. The van der Waals surface area contributed by atoms with Crippen LogP contribution in [0.4, 0.5) is 0 Å². The molecule has 0 aromatic heterocycles. The van der Waals surface area contributed by atoms with Crippen LogP contribution in [0.25, 0.3) is 6.08 Å². The molecule has 0 radical (unpaired) electrons. The van der Waals surface area contributed by atoms with Gasteiger partial charge < -0.3 is 4.74 Å². The van der Waals surface area contributed by atoms with Crippen LogP contribution in [-0.2, 0) is 6.42 Å². The highest BCUT2D eigenvalue weighted by atomic mass is 16.5. The lowest BCUT2D eigenvalue weighted by atomic mass is 10.1. The standard InChI is InChI=1S/C12H16O.C2H6/c1-4-6-10-7-8-11(5-2)12(9-10)13-3;1-2/h4,6-9H,5H2,1-3H3;1-2H3/b6-4+;. The fraction of sp³-hybridized carbons (Fsp3) is 0.429. The van der Waals surface area contributed by atoms with Gasteiger partial charge in [-0.15, -0.1) is 0 Å². The van der Waals surface area contributed by atoms with Crippen molar-refractivity contribution in [3.63, 3.8) is 0 Å². The van der Waals surface area contributed by atoms with E-state index in [1.807, 2.05) is 26.8 Å². The molecule has 0 saturated heterocycles. The van der Waals surface area contributed by atoms with E-state index in [1.54, 1.807) is 7.11 Å². The number of benzene rings is 1.